The van der Waals surface area contributed by atoms with Gasteiger partial charge in [0.05, 0.1) is 41.2 Å². The first kappa shape index (κ1) is 30.5. The summed E-state index contributed by atoms with van der Waals surface area (Å²) in [7, 11) is 3.13. The largest absolute Gasteiger partial charge is 0.496 e. The van der Waals surface area contributed by atoms with E-state index in [1.54, 1.807) is 38.4 Å². The first-order valence-electron chi connectivity index (χ1n) is 13.9. The predicted octanol–water partition coefficient (Wildman–Crippen LogP) is 6.71. The standard InChI is InChI=1S/C33H32Cl2N4O4/c1-20(41)37-24-12-15-39(16-13-24)18-22-9-10-28(38-33(22)43-3)27-6-4-5-25(30(27)34)26-11-14-36-32(31(26)35)21-7-8-23(19-40)29(17-21)42-2/h4-11,14,17,19,24H,12-13,15-16,18H2,1-3H3,(H,37,41). The lowest BCUT2D eigenvalue weighted by Gasteiger charge is -2.32. The van der Waals surface area contributed by atoms with E-state index in [1.807, 2.05) is 36.4 Å². The van der Waals surface area contributed by atoms with E-state index in [2.05, 4.69) is 15.2 Å². The number of halogens is 2. The van der Waals surface area contributed by atoms with Crippen LogP contribution in [0, 0.1) is 0 Å². The van der Waals surface area contributed by atoms with E-state index >= 15 is 0 Å². The zero-order valence-corrected chi connectivity index (χ0v) is 25.7. The van der Waals surface area contributed by atoms with E-state index < -0.39 is 0 Å². The second-order valence-electron chi connectivity index (χ2n) is 10.4. The maximum atomic E-state index is 11.4. The summed E-state index contributed by atoms with van der Waals surface area (Å²) in [4.78, 5) is 34.4. The van der Waals surface area contributed by atoms with Crippen LogP contribution in [0.15, 0.2) is 60.8 Å². The molecule has 1 fully saturated rings. The van der Waals surface area contributed by atoms with E-state index in [-0.39, 0.29) is 11.9 Å². The first-order chi connectivity index (χ1) is 20.8. The van der Waals surface area contributed by atoms with Crippen LogP contribution in [0.25, 0.3) is 33.6 Å². The van der Waals surface area contributed by atoms with Crippen molar-refractivity contribution in [3.63, 3.8) is 0 Å². The Bertz CT molecular complexity index is 1650. The normalized spacial score (nSPS) is 13.9. The number of rotatable bonds is 9. The van der Waals surface area contributed by atoms with Gasteiger partial charge in [-0.15, -0.1) is 0 Å². The number of aldehydes is 1. The summed E-state index contributed by atoms with van der Waals surface area (Å²) in [5, 5.41) is 3.94. The van der Waals surface area contributed by atoms with E-state index in [0.29, 0.717) is 56.3 Å². The minimum absolute atomic E-state index is 0.0142. The summed E-state index contributed by atoms with van der Waals surface area (Å²) in [6.07, 6.45) is 4.24. The van der Waals surface area contributed by atoms with Crippen LogP contribution >= 0.6 is 23.2 Å². The summed E-state index contributed by atoms with van der Waals surface area (Å²) in [6, 6.07) is 17.0. The van der Waals surface area contributed by atoms with Crippen LogP contribution in [0.5, 0.6) is 11.6 Å². The number of carbonyl (C=O) groups is 2. The second-order valence-corrected chi connectivity index (χ2v) is 11.1. The molecule has 1 N–H and O–H groups in total. The number of hydrogen-bond donors (Lipinski definition) is 1. The molecule has 43 heavy (non-hydrogen) atoms. The van der Waals surface area contributed by atoms with E-state index in [0.717, 1.165) is 48.9 Å². The molecule has 0 spiro atoms. The molecule has 222 valence electrons. The minimum Gasteiger partial charge on any atom is -0.496 e. The monoisotopic (exact) mass is 618 g/mol. The van der Waals surface area contributed by atoms with Crippen molar-refractivity contribution in [1.82, 2.24) is 20.2 Å². The van der Waals surface area contributed by atoms with Gasteiger partial charge >= 0.3 is 0 Å². The molecule has 0 unspecified atom stereocenters. The minimum atomic E-state index is 0.0142. The smallest absolute Gasteiger partial charge is 0.218 e. The third-order valence-electron chi connectivity index (χ3n) is 7.61. The number of amides is 1. The number of ether oxygens (including phenoxy) is 2. The van der Waals surface area contributed by atoms with Crippen molar-refractivity contribution in [1.29, 1.82) is 0 Å². The topological polar surface area (TPSA) is 93.7 Å². The number of nitrogens with one attached hydrogen (secondary N) is 1. The Morgan fingerprint density at radius 3 is 2.44 bits per heavy atom. The number of methoxy groups -OCH3 is 2. The Labute approximate surface area is 261 Å². The molecule has 8 nitrogen and oxygen atoms in total. The molecule has 1 aliphatic rings. The van der Waals surface area contributed by atoms with Gasteiger partial charge in [-0.1, -0.05) is 53.5 Å². The van der Waals surface area contributed by atoms with E-state index in [9.17, 15) is 9.59 Å². The van der Waals surface area contributed by atoms with Gasteiger partial charge in [-0.25, -0.2) is 4.98 Å². The molecular weight excluding hydrogens is 587 g/mol. The zero-order valence-electron chi connectivity index (χ0n) is 24.2. The summed E-state index contributed by atoms with van der Waals surface area (Å²) < 4.78 is 11.1. The van der Waals surface area contributed by atoms with Crippen LogP contribution in [-0.2, 0) is 11.3 Å². The van der Waals surface area contributed by atoms with Crippen LogP contribution in [0.2, 0.25) is 10.0 Å². The molecule has 1 amide bonds. The molecule has 5 rings (SSSR count). The lowest BCUT2D eigenvalue weighted by Crippen LogP contribution is -2.43. The van der Waals surface area contributed by atoms with Gasteiger partial charge in [-0.3, -0.25) is 19.5 Å². The number of hydrogen-bond acceptors (Lipinski definition) is 7. The van der Waals surface area contributed by atoms with Crippen molar-refractivity contribution in [2.75, 3.05) is 27.3 Å². The van der Waals surface area contributed by atoms with Gasteiger partial charge in [-0.05, 0) is 37.1 Å². The fourth-order valence-corrected chi connectivity index (χ4v) is 6.07. The van der Waals surface area contributed by atoms with Gasteiger partial charge in [0, 0.05) is 66.6 Å². The number of aromatic nitrogens is 2. The van der Waals surface area contributed by atoms with Crippen molar-refractivity contribution >= 4 is 35.4 Å². The molecule has 2 aromatic carbocycles. The molecule has 0 saturated carbocycles. The van der Waals surface area contributed by atoms with Gasteiger partial charge in [0.15, 0.2) is 6.29 Å². The maximum absolute atomic E-state index is 11.4. The fourth-order valence-electron chi connectivity index (χ4n) is 5.43. The van der Waals surface area contributed by atoms with Crippen LogP contribution in [0.1, 0.15) is 35.7 Å². The molecule has 0 atom stereocenters. The van der Waals surface area contributed by atoms with E-state index in [4.69, 9.17) is 37.7 Å². The van der Waals surface area contributed by atoms with Gasteiger partial charge in [0.1, 0.15) is 5.75 Å². The van der Waals surface area contributed by atoms with Gasteiger partial charge in [-0.2, -0.15) is 0 Å². The third kappa shape index (κ3) is 6.67. The van der Waals surface area contributed by atoms with Crippen molar-refractivity contribution in [2.45, 2.75) is 32.4 Å². The van der Waals surface area contributed by atoms with Crippen molar-refractivity contribution in [2.24, 2.45) is 0 Å². The number of pyridine rings is 2. The Morgan fingerprint density at radius 1 is 1.00 bits per heavy atom. The molecule has 0 aliphatic carbocycles. The van der Waals surface area contributed by atoms with Crippen LogP contribution in [0.4, 0.5) is 0 Å². The highest BCUT2D eigenvalue weighted by atomic mass is 35.5. The molecule has 1 saturated heterocycles. The molecule has 0 radical (unpaired) electrons. The third-order valence-corrected chi connectivity index (χ3v) is 8.40. The molecular formula is C33H32Cl2N4O4. The lowest BCUT2D eigenvalue weighted by atomic mass is 9.99. The summed E-state index contributed by atoms with van der Waals surface area (Å²) in [6.45, 7) is 4.02. The Morgan fingerprint density at radius 2 is 1.74 bits per heavy atom. The molecule has 2 aromatic heterocycles. The predicted molar refractivity (Wildman–Crippen MR) is 169 cm³/mol. The highest BCUT2D eigenvalue weighted by molar-refractivity contribution is 6.39. The fraction of sp³-hybridized carbons (Fsp3) is 0.273. The first-order valence-corrected chi connectivity index (χ1v) is 14.7. The Hall–Kier alpha value is -3.98. The van der Waals surface area contributed by atoms with Gasteiger partial charge in [0.25, 0.3) is 0 Å². The maximum Gasteiger partial charge on any atom is 0.218 e. The zero-order chi connectivity index (χ0) is 30.5. The number of likely N-dealkylation sites (tertiary alicyclic amines) is 1. The molecule has 3 heterocycles. The number of carbonyl (C=O) groups excluding carboxylic acids is 2. The quantitative estimate of drug-likeness (QED) is 0.208. The molecule has 0 bridgehead atoms. The summed E-state index contributed by atoms with van der Waals surface area (Å²) in [5.74, 6) is 0.994. The Balaban J connectivity index is 1.42. The summed E-state index contributed by atoms with van der Waals surface area (Å²) in [5.41, 5.74) is 5.54. The Kier molecular flexibility index (Phi) is 9.60. The highest BCUT2D eigenvalue weighted by Crippen LogP contribution is 2.42. The average molecular weight is 620 g/mol. The molecule has 1 aliphatic heterocycles. The second kappa shape index (κ2) is 13.5. The number of piperidine rings is 1. The van der Waals surface area contributed by atoms with Crippen molar-refractivity contribution in [3.8, 4) is 45.3 Å². The van der Waals surface area contributed by atoms with Crippen LogP contribution in [0.3, 0.4) is 0 Å². The SMILES string of the molecule is COc1cc(-c2nccc(-c3cccc(-c4ccc(CN5CCC(NC(C)=O)CC5)c(OC)n4)c3Cl)c2Cl)ccc1C=O. The molecule has 10 heteroatoms. The molecule has 4 aromatic rings. The lowest BCUT2D eigenvalue weighted by molar-refractivity contribution is -0.120. The van der Waals surface area contributed by atoms with Gasteiger partial charge < -0.3 is 14.8 Å². The van der Waals surface area contributed by atoms with E-state index in [1.165, 1.54) is 7.11 Å². The summed E-state index contributed by atoms with van der Waals surface area (Å²) >= 11 is 13.9. The highest BCUT2D eigenvalue weighted by Gasteiger charge is 2.22. The van der Waals surface area contributed by atoms with Crippen LogP contribution < -0.4 is 14.8 Å². The van der Waals surface area contributed by atoms with Crippen LogP contribution in [-0.4, -0.2) is 60.4 Å². The van der Waals surface area contributed by atoms with Gasteiger partial charge in [0.2, 0.25) is 11.8 Å². The average Bonchev–Trinajstić information content (AvgIpc) is 3.02. The van der Waals surface area contributed by atoms with Crippen molar-refractivity contribution in [3.05, 3.63) is 82.0 Å². The number of nitrogens with zero attached hydrogens (tertiary/aromatic N) is 3. The van der Waals surface area contributed by atoms with Crippen molar-refractivity contribution < 1.29 is 19.1 Å². The number of benzene rings is 2.